The number of rotatable bonds is 0. The molecule has 0 fully saturated rings. The Kier molecular flexibility index (Phi) is 251. The number of nitrogens with zero attached hydrogens (tertiary/aromatic N) is 5. The van der Waals surface area contributed by atoms with Gasteiger partial charge in [-0.15, -0.1) is 0 Å². The fraction of sp³-hybridized carbons (Fsp3) is 0.266. The Labute approximate surface area is 711 Å². The predicted molar refractivity (Wildman–Crippen MR) is 340 cm³/mol. The summed E-state index contributed by atoms with van der Waals surface area (Å²) < 4.78 is 11.1. The van der Waals surface area contributed by atoms with E-state index in [1.165, 1.54) is 21.1 Å². The molecule has 0 atom stereocenters. The summed E-state index contributed by atoms with van der Waals surface area (Å²) in [6.07, 6.45) is 0. The summed E-state index contributed by atoms with van der Waals surface area (Å²) in [4.78, 5) is 37.2. The molecule has 454 valence electrons. The van der Waals surface area contributed by atoms with Crippen molar-refractivity contribution in [2.45, 2.75) is 27.7 Å². The molecule has 7 rings (SSSR count). The van der Waals surface area contributed by atoms with Crippen LogP contribution >= 0.6 is 0 Å². The van der Waals surface area contributed by atoms with Gasteiger partial charge in [-0.3, -0.25) is 0 Å². The third-order valence-corrected chi connectivity index (χ3v) is 5.72. The summed E-state index contributed by atoms with van der Waals surface area (Å²) in [6, 6.07) is 72.0. The summed E-state index contributed by atoms with van der Waals surface area (Å²) in [6.45, 7) is 8.00. The first-order chi connectivity index (χ1) is 31.8. The van der Waals surface area contributed by atoms with Gasteiger partial charge in [-0.1, -0.05) is 246 Å². The average molecular weight is 1740 g/mol. The summed E-state index contributed by atoms with van der Waals surface area (Å²) in [5.74, 6) is 0. The molecule has 8 radical (unpaired) electrons. The molecule has 0 saturated carbocycles. The Bertz CT molecular complexity index is 1500. The van der Waals surface area contributed by atoms with Crippen LogP contribution in [0.1, 0.15) is 27.7 Å². The van der Waals surface area contributed by atoms with Crippen molar-refractivity contribution in [3.63, 3.8) is 0 Å². The molecule has 0 aliphatic heterocycles. The van der Waals surface area contributed by atoms with Crippen molar-refractivity contribution in [2.75, 3.05) is 70.7 Å². The van der Waals surface area contributed by atoms with E-state index in [9.17, 15) is 14.4 Å². The topological polar surface area (TPSA) is 90.9 Å². The van der Waals surface area contributed by atoms with Crippen LogP contribution in [0.15, 0.2) is 233 Å². The summed E-state index contributed by atoms with van der Waals surface area (Å²) in [5, 5.41) is 0. The first kappa shape index (κ1) is 151. The minimum atomic E-state index is -0.608. The zero-order valence-corrected chi connectivity index (χ0v) is 78.9. The van der Waals surface area contributed by atoms with Gasteiger partial charge in [-0.25, -0.2) is 28.1 Å². The molecule has 0 N–H and O–H groups in total. The van der Waals surface area contributed by atoms with Crippen LogP contribution in [0.4, 0.5) is 0 Å². The molecule has 82 heavy (non-hydrogen) atoms. The van der Waals surface area contributed by atoms with Crippen LogP contribution in [0.5, 0.6) is 0 Å². The SMILES string of the molecule is CC.CC.CN(C)C.CN(C)C.COC.COC.Cn1c(=O)n(C)c(=O)n(C)c1=O.[CH3-].[CH3-].[CH3-].[CH3-].[CH3-].[CH3-].[CH3-].[CH3-].[Y].[Y].[Y].[Y].[Y].[Y].[Y].[Y].c1ccccc1.c1ccccc1.c1ccccc1.c1ccccc1.c1ccccc1.c1ccccc1. The van der Waals surface area contributed by atoms with E-state index in [1.807, 2.05) is 298 Å². The second-order valence-corrected chi connectivity index (χ2v) is 13.0. The predicted octanol–water partition coefficient (Wildman–Crippen LogP) is 14.4. The Hall–Kier alpha value is 2.40. The Morgan fingerprint density at radius 1 is 0.232 bits per heavy atom. The first-order valence-electron chi connectivity index (χ1n) is 21.6. The van der Waals surface area contributed by atoms with Crippen LogP contribution in [0.3, 0.4) is 0 Å². The van der Waals surface area contributed by atoms with Crippen molar-refractivity contribution < 1.29 is 271 Å². The Balaban J connectivity index is -0.0000000239. The van der Waals surface area contributed by atoms with Gasteiger partial charge in [0.15, 0.2) is 0 Å². The monoisotopic (exact) mass is 1740 g/mol. The fourth-order valence-electron chi connectivity index (χ4n) is 3.23. The summed E-state index contributed by atoms with van der Waals surface area (Å²) in [7, 11) is 22.5. The molecule has 0 bridgehead atoms. The van der Waals surface area contributed by atoms with E-state index in [1.54, 1.807) is 28.4 Å². The maximum absolute atomic E-state index is 11.1. The maximum Gasteiger partial charge on any atom is 0.335 e. The fourth-order valence-corrected chi connectivity index (χ4v) is 3.23. The van der Waals surface area contributed by atoms with Gasteiger partial charge in [0.1, 0.15) is 0 Å². The van der Waals surface area contributed by atoms with E-state index >= 15 is 0 Å². The summed E-state index contributed by atoms with van der Waals surface area (Å²) in [5.41, 5.74) is -1.82. The van der Waals surface area contributed by atoms with E-state index in [0.29, 0.717) is 0 Å². The molecule has 10 nitrogen and oxygen atoms in total. The maximum atomic E-state index is 11.1. The molecular formula is C64H111N5O5Y8-8. The zero-order chi connectivity index (χ0) is 51.5. The van der Waals surface area contributed by atoms with Gasteiger partial charge in [0, 0.05) is 311 Å². The van der Waals surface area contributed by atoms with Crippen molar-refractivity contribution in [2.24, 2.45) is 21.1 Å². The van der Waals surface area contributed by atoms with Crippen LogP contribution in [0.2, 0.25) is 0 Å². The molecule has 18 heteroatoms. The van der Waals surface area contributed by atoms with Gasteiger partial charge >= 0.3 is 17.1 Å². The molecule has 0 saturated heterocycles. The van der Waals surface area contributed by atoms with E-state index in [4.69, 9.17) is 0 Å². The van der Waals surface area contributed by atoms with Gasteiger partial charge in [-0.05, 0) is 42.3 Å². The molecule has 0 aliphatic carbocycles. The van der Waals surface area contributed by atoms with Crippen LogP contribution in [0, 0.1) is 59.4 Å². The van der Waals surface area contributed by atoms with Gasteiger partial charge in [0.25, 0.3) is 0 Å². The molecule has 7 aromatic rings. The largest absolute Gasteiger partial charge is 0.388 e. The molecule has 0 aliphatic rings. The van der Waals surface area contributed by atoms with E-state index in [2.05, 4.69) is 9.47 Å². The molecule has 0 amide bonds. The molecule has 1 aromatic heterocycles. The smallest absolute Gasteiger partial charge is 0.335 e. The van der Waals surface area contributed by atoms with Gasteiger partial charge < -0.3 is 78.7 Å². The van der Waals surface area contributed by atoms with Crippen molar-refractivity contribution in [1.29, 1.82) is 0 Å². The number of methoxy groups -OCH3 is 2. The van der Waals surface area contributed by atoms with Crippen LogP contribution < -0.4 is 17.1 Å². The number of hydrogen-bond donors (Lipinski definition) is 0. The quantitative estimate of drug-likeness (QED) is 0.140. The zero-order valence-electron chi connectivity index (χ0n) is 56.2. The molecule has 0 spiro atoms. The van der Waals surface area contributed by atoms with Gasteiger partial charge in [0.2, 0.25) is 0 Å². The van der Waals surface area contributed by atoms with Crippen LogP contribution in [-0.4, -0.2) is 94.2 Å². The van der Waals surface area contributed by atoms with Gasteiger partial charge in [-0.2, -0.15) is 0 Å². The number of benzene rings is 6. The normalized spacial score (nSPS) is 6.48. The van der Waals surface area contributed by atoms with Crippen LogP contribution in [-0.2, 0) is 292 Å². The molecule has 1 heterocycles. The second-order valence-electron chi connectivity index (χ2n) is 13.0. The average Bonchev–Trinajstić information content (AvgIpc) is 3.38. The third kappa shape index (κ3) is 140. The van der Waals surface area contributed by atoms with Crippen LogP contribution in [0.25, 0.3) is 0 Å². The number of aromatic nitrogens is 3. The van der Waals surface area contributed by atoms with Crippen molar-refractivity contribution in [3.05, 3.63) is 309 Å². The molecule has 0 unspecified atom stereocenters. The number of hydrogen-bond acceptors (Lipinski definition) is 7. The first-order valence-corrected chi connectivity index (χ1v) is 21.6. The molecule has 6 aromatic carbocycles. The minimum Gasteiger partial charge on any atom is -0.388 e. The van der Waals surface area contributed by atoms with E-state index in [0.717, 1.165) is 13.7 Å². The summed E-state index contributed by atoms with van der Waals surface area (Å²) >= 11 is 0. The Morgan fingerprint density at radius 2 is 0.268 bits per heavy atom. The van der Waals surface area contributed by atoms with Gasteiger partial charge in [0.05, 0.1) is 0 Å². The molecular weight excluding hydrogens is 1630 g/mol. The van der Waals surface area contributed by atoms with E-state index < -0.39 is 17.1 Å². The van der Waals surface area contributed by atoms with Crippen molar-refractivity contribution in [1.82, 2.24) is 23.5 Å². The van der Waals surface area contributed by atoms with E-state index in [-0.39, 0.29) is 321 Å². The van der Waals surface area contributed by atoms with Crippen molar-refractivity contribution in [3.8, 4) is 0 Å². The van der Waals surface area contributed by atoms with Crippen molar-refractivity contribution >= 4 is 0 Å². The standard InChI is InChI=1S/C6H9N3O3.6C6H6.2C3H9N.2C2H6O.2C2H6.8CH3.8Y/c1-7-4(10)8(2)6(12)9(3)5(7)11;6*1-2-4-6-5-3-1;2*1-4(2)3;2*1-3-2;2*1-2;;;;;;;;;;;;;;;;/h1-3H3;6*1-6H;2*1-3H3;2*1-2H3;2*1-2H3;8*1H3;;;;;;;;/q;;;;;;;;;;;;;8*-1;;;;;;;;. The third-order valence-electron chi connectivity index (χ3n) is 5.72. The Morgan fingerprint density at radius 3 is 0.305 bits per heavy atom. The minimum absolute atomic E-state index is 0. The second kappa shape index (κ2) is 137. The number of ether oxygens (including phenoxy) is 2.